The van der Waals surface area contributed by atoms with Gasteiger partial charge in [-0.1, -0.05) is 23.8 Å². The van der Waals surface area contributed by atoms with Crippen molar-refractivity contribution in [3.8, 4) is 0 Å². The van der Waals surface area contributed by atoms with Crippen molar-refractivity contribution in [1.82, 2.24) is 0 Å². The Morgan fingerprint density at radius 3 is 2.60 bits per heavy atom. The zero-order valence-electron chi connectivity index (χ0n) is 9.21. The largest absolute Gasteiger partial charge is 0.519 e. The molecule has 0 atom stereocenters. The Morgan fingerprint density at radius 2 is 2.00 bits per heavy atom. The lowest BCUT2D eigenvalue weighted by Crippen LogP contribution is -2.08. The molecule has 0 aromatic heterocycles. The van der Waals surface area contributed by atoms with E-state index in [0.29, 0.717) is 0 Å². The minimum atomic E-state index is -1.41. The lowest BCUT2D eigenvalue weighted by atomic mass is 10.1. The predicted octanol–water partition coefficient (Wildman–Crippen LogP) is 3.65. The normalized spacial score (nSPS) is 10.1. The Bertz CT molecular complexity index is 302. The first kappa shape index (κ1) is 13.2. The quantitative estimate of drug-likeness (QED) is 0.730. The Kier molecular flexibility index (Phi) is 5.86. The summed E-state index contributed by atoms with van der Waals surface area (Å²) in [5.74, 6) is 0. The molecule has 0 bridgehead atoms. The van der Waals surface area contributed by atoms with Gasteiger partial charge in [0, 0.05) is 19.8 Å². The SMILES string of the molecule is CN(C)c1cccc(CC[CH2][Al]([Cl])[Cl])c1. The maximum absolute atomic E-state index is 5.82. The number of hydrogen-bond acceptors (Lipinski definition) is 1. The molecule has 0 aliphatic carbocycles. The molecule has 0 fully saturated rings. The first-order valence-electron chi connectivity index (χ1n) is 5.14. The van der Waals surface area contributed by atoms with Gasteiger partial charge in [0.1, 0.15) is 0 Å². The van der Waals surface area contributed by atoms with Gasteiger partial charge in [0.15, 0.2) is 0 Å². The molecule has 0 spiro atoms. The maximum atomic E-state index is 5.82. The van der Waals surface area contributed by atoms with E-state index >= 15 is 0 Å². The molecule has 1 aromatic rings. The number of anilines is 1. The highest BCUT2D eigenvalue weighted by Crippen LogP contribution is 2.16. The molecule has 0 amide bonds. The van der Waals surface area contributed by atoms with Crippen LogP contribution in [0, 0.1) is 0 Å². The zero-order chi connectivity index (χ0) is 11.3. The Morgan fingerprint density at radius 1 is 1.27 bits per heavy atom. The van der Waals surface area contributed by atoms with Crippen molar-refractivity contribution in [2.45, 2.75) is 18.1 Å². The number of benzene rings is 1. The molecule has 4 heteroatoms. The summed E-state index contributed by atoms with van der Waals surface area (Å²) in [4.78, 5) is 2.12. The third-order valence-electron chi connectivity index (χ3n) is 2.31. The van der Waals surface area contributed by atoms with E-state index in [2.05, 4.69) is 43.3 Å². The monoisotopic (exact) mass is 259 g/mol. The van der Waals surface area contributed by atoms with E-state index in [1.54, 1.807) is 0 Å². The van der Waals surface area contributed by atoms with Gasteiger partial charge >= 0.3 is 12.3 Å². The average Bonchev–Trinajstić information content (AvgIpc) is 2.17. The van der Waals surface area contributed by atoms with Crippen LogP contribution in [0.25, 0.3) is 0 Å². The molecular formula is C11H16AlCl2N. The summed E-state index contributed by atoms with van der Waals surface area (Å²) >= 11 is -1.41. The summed E-state index contributed by atoms with van der Waals surface area (Å²) in [5.41, 5.74) is 2.61. The van der Waals surface area contributed by atoms with Gasteiger partial charge in [0.25, 0.3) is 0 Å². The summed E-state index contributed by atoms with van der Waals surface area (Å²) in [6, 6.07) is 8.59. The molecule has 0 heterocycles. The molecule has 0 N–H and O–H groups in total. The molecule has 0 saturated heterocycles. The summed E-state index contributed by atoms with van der Waals surface area (Å²) in [6.07, 6.45) is 2.17. The number of rotatable bonds is 5. The van der Waals surface area contributed by atoms with E-state index in [1.807, 2.05) is 0 Å². The van der Waals surface area contributed by atoms with Crippen molar-refractivity contribution in [3.05, 3.63) is 29.8 Å². The van der Waals surface area contributed by atoms with Crippen molar-refractivity contribution in [2.75, 3.05) is 19.0 Å². The molecule has 15 heavy (non-hydrogen) atoms. The fourth-order valence-electron chi connectivity index (χ4n) is 1.45. The fraction of sp³-hybridized carbons (Fsp3) is 0.455. The second-order valence-corrected chi connectivity index (χ2v) is 9.04. The van der Waals surface area contributed by atoms with Crippen LogP contribution in [0.15, 0.2) is 24.3 Å². The first-order chi connectivity index (χ1) is 7.09. The number of aryl methyl sites for hydroxylation is 1. The molecule has 1 nitrogen and oxygen atoms in total. The van der Waals surface area contributed by atoms with E-state index in [1.165, 1.54) is 11.3 Å². The zero-order valence-corrected chi connectivity index (χ0v) is 11.9. The Labute approximate surface area is 105 Å². The molecule has 1 rings (SSSR count). The summed E-state index contributed by atoms with van der Waals surface area (Å²) in [6.45, 7) is 0. The van der Waals surface area contributed by atoms with E-state index in [0.717, 1.165) is 18.1 Å². The first-order valence-corrected chi connectivity index (χ1v) is 9.45. The van der Waals surface area contributed by atoms with Crippen LogP contribution < -0.4 is 4.90 Å². The molecular weight excluding hydrogens is 244 g/mol. The Hall–Kier alpha value is 0.132. The highest BCUT2D eigenvalue weighted by Gasteiger charge is 2.09. The van der Waals surface area contributed by atoms with Gasteiger partial charge in [0.05, 0.1) is 0 Å². The van der Waals surface area contributed by atoms with Crippen LogP contribution in [0.3, 0.4) is 0 Å². The van der Waals surface area contributed by atoms with Crippen molar-refractivity contribution in [2.24, 2.45) is 0 Å². The summed E-state index contributed by atoms with van der Waals surface area (Å²) in [5, 5.41) is 0.995. The van der Waals surface area contributed by atoms with Gasteiger partial charge in [-0.2, -0.15) is 0 Å². The van der Waals surface area contributed by atoms with Crippen LogP contribution in [0.1, 0.15) is 12.0 Å². The summed E-state index contributed by atoms with van der Waals surface area (Å²) in [7, 11) is 15.8. The third-order valence-corrected chi connectivity index (χ3v) is 4.47. The molecule has 0 aliphatic heterocycles. The lowest BCUT2D eigenvalue weighted by molar-refractivity contribution is 0.915. The van der Waals surface area contributed by atoms with Crippen molar-refractivity contribution in [1.29, 1.82) is 0 Å². The van der Waals surface area contributed by atoms with Crippen molar-refractivity contribution >= 4 is 38.1 Å². The van der Waals surface area contributed by atoms with Gasteiger partial charge in [-0.25, -0.2) is 20.1 Å². The molecule has 0 saturated carbocycles. The number of halogens is 2. The van der Waals surface area contributed by atoms with Crippen LogP contribution in [0.4, 0.5) is 5.69 Å². The average molecular weight is 260 g/mol. The Balaban J connectivity index is 2.50. The predicted molar refractivity (Wildman–Crippen MR) is 71.4 cm³/mol. The van der Waals surface area contributed by atoms with Gasteiger partial charge in [0.2, 0.25) is 0 Å². The standard InChI is InChI=1S/C11H16N.Al.2ClH/c1-4-6-10-7-5-8-11(9-10)12(2)3;;;/h5,7-9H,1,4,6H2,2-3H3;;2*1H/q;+2;;/p-2. The third kappa shape index (κ3) is 5.13. The fourth-order valence-corrected chi connectivity index (χ4v) is 2.89. The van der Waals surface area contributed by atoms with E-state index in [-0.39, 0.29) is 0 Å². The topological polar surface area (TPSA) is 3.24 Å². The highest BCUT2D eigenvalue weighted by molar-refractivity contribution is 7.33. The van der Waals surface area contributed by atoms with E-state index < -0.39 is 12.3 Å². The molecule has 82 valence electrons. The second-order valence-electron chi connectivity index (χ2n) is 3.85. The van der Waals surface area contributed by atoms with Crippen molar-refractivity contribution in [3.63, 3.8) is 0 Å². The van der Waals surface area contributed by atoms with E-state index in [4.69, 9.17) is 20.1 Å². The number of nitrogens with zero attached hydrogens (tertiary/aromatic N) is 1. The number of hydrogen-bond donors (Lipinski definition) is 0. The van der Waals surface area contributed by atoms with Gasteiger partial charge in [-0.3, -0.25) is 0 Å². The molecule has 0 radical (unpaired) electrons. The van der Waals surface area contributed by atoms with Crippen LogP contribution in [0.2, 0.25) is 5.28 Å². The van der Waals surface area contributed by atoms with Gasteiger partial charge < -0.3 is 4.90 Å². The van der Waals surface area contributed by atoms with Crippen LogP contribution in [0.5, 0.6) is 0 Å². The molecule has 1 aromatic carbocycles. The van der Waals surface area contributed by atoms with E-state index in [9.17, 15) is 0 Å². The maximum Gasteiger partial charge on any atom is 0.519 e. The van der Waals surface area contributed by atoms with Crippen LogP contribution in [-0.2, 0) is 6.42 Å². The highest BCUT2D eigenvalue weighted by atomic mass is 35.7. The van der Waals surface area contributed by atoms with Gasteiger partial charge in [-0.15, -0.1) is 0 Å². The van der Waals surface area contributed by atoms with Crippen LogP contribution in [-0.4, -0.2) is 26.4 Å². The van der Waals surface area contributed by atoms with Crippen molar-refractivity contribution < 1.29 is 0 Å². The van der Waals surface area contributed by atoms with Crippen LogP contribution >= 0.6 is 20.1 Å². The minimum absolute atomic E-state index is 0.995. The smallest absolute Gasteiger partial charge is 0.378 e. The second kappa shape index (κ2) is 6.66. The summed E-state index contributed by atoms with van der Waals surface area (Å²) < 4.78 is 0. The minimum Gasteiger partial charge on any atom is -0.378 e. The lowest BCUT2D eigenvalue weighted by Gasteiger charge is -2.13. The molecule has 0 aliphatic rings. The molecule has 0 unspecified atom stereocenters. The van der Waals surface area contributed by atoms with Gasteiger partial charge in [-0.05, 0) is 24.1 Å².